The second kappa shape index (κ2) is 14.5. The fourth-order valence-electron chi connectivity index (χ4n) is 3.89. The Morgan fingerprint density at radius 1 is 1.00 bits per heavy atom. The molecule has 0 unspecified atom stereocenters. The van der Waals surface area contributed by atoms with Crippen molar-refractivity contribution in [3.63, 3.8) is 0 Å². The summed E-state index contributed by atoms with van der Waals surface area (Å²) in [7, 11) is -3.60. The number of amides is 2. The van der Waals surface area contributed by atoms with Gasteiger partial charge in [0, 0.05) is 26.1 Å². The fraction of sp³-hybridized carbons (Fsp3) is 0.481. The van der Waals surface area contributed by atoms with Crippen LogP contribution in [-0.2, 0) is 26.0 Å². The molecule has 0 aromatic heterocycles. The van der Waals surface area contributed by atoms with Crippen LogP contribution in [0.15, 0.2) is 54.6 Å². The summed E-state index contributed by atoms with van der Waals surface area (Å²) in [5, 5.41) is 2.87. The predicted molar refractivity (Wildman–Crippen MR) is 144 cm³/mol. The Labute approximate surface area is 215 Å². The van der Waals surface area contributed by atoms with Gasteiger partial charge in [-0.2, -0.15) is 0 Å². The van der Waals surface area contributed by atoms with E-state index in [1.165, 1.54) is 4.31 Å². The zero-order valence-electron chi connectivity index (χ0n) is 21.8. The van der Waals surface area contributed by atoms with Crippen LogP contribution < -0.4 is 14.4 Å². The first-order valence-electron chi connectivity index (χ1n) is 12.5. The topological polar surface area (TPSA) is 96.0 Å². The first-order chi connectivity index (χ1) is 17.2. The molecule has 2 aromatic carbocycles. The van der Waals surface area contributed by atoms with Crippen LogP contribution in [0.25, 0.3) is 0 Å². The van der Waals surface area contributed by atoms with Crippen molar-refractivity contribution in [1.29, 1.82) is 0 Å². The lowest BCUT2D eigenvalue weighted by atomic mass is 10.1. The van der Waals surface area contributed by atoms with E-state index >= 15 is 0 Å². The van der Waals surface area contributed by atoms with Crippen LogP contribution in [0.4, 0.5) is 5.69 Å². The molecule has 0 fully saturated rings. The molecule has 0 bridgehead atoms. The number of hydrogen-bond donors (Lipinski definition) is 1. The van der Waals surface area contributed by atoms with Gasteiger partial charge in [0.15, 0.2) is 0 Å². The third kappa shape index (κ3) is 8.86. The molecule has 9 heteroatoms. The number of benzene rings is 2. The second-order valence-electron chi connectivity index (χ2n) is 8.63. The maximum Gasteiger partial charge on any atom is 0.242 e. The Morgan fingerprint density at radius 2 is 1.67 bits per heavy atom. The summed E-state index contributed by atoms with van der Waals surface area (Å²) in [5.41, 5.74) is 1.52. The van der Waals surface area contributed by atoms with Crippen molar-refractivity contribution in [2.24, 2.45) is 0 Å². The summed E-state index contributed by atoms with van der Waals surface area (Å²) >= 11 is 0. The number of para-hydroxylation sites is 2. The molecule has 0 aliphatic heterocycles. The summed E-state index contributed by atoms with van der Waals surface area (Å²) in [5.74, 6) is 0.0979. The molecule has 8 nitrogen and oxygen atoms in total. The van der Waals surface area contributed by atoms with Gasteiger partial charge in [-0.3, -0.25) is 13.9 Å². The average Bonchev–Trinajstić information content (AvgIpc) is 2.85. The molecule has 0 spiro atoms. The summed E-state index contributed by atoms with van der Waals surface area (Å²) in [6, 6.07) is 16.1. The quantitative estimate of drug-likeness (QED) is 0.389. The predicted octanol–water partition coefficient (Wildman–Crippen LogP) is 3.62. The van der Waals surface area contributed by atoms with Gasteiger partial charge in [-0.1, -0.05) is 49.4 Å². The molecule has 0 aliphatic carbocycles. The smallest absolute Gasteiger partial charge is 0.242 e. The SMILES string of the molecule is CCCNC(=O)[C@H](C)N(CCc1ccccc1)C(=O)CCCN(c1ccccc1OCC)S(C)(=O)=O. The number of hydrogen-bond acceptors (Lipinski definition) is 5. The van der Waals surface area contributed by atoms with E-state index in [-0.39, 0.29) is 24.8 Å². The van der Waals surface area contributed by atoms with E-state index in [9.17, 15) is 18.0 Å². The van der Waals surface area contributed by atoms with Gasteiger partial charge >= 0.3 is 0 Å². The van der Waals surface area contributed by atoms with Crippen molar-refractivity contribution in [2.45, 2.75) is 52.5 Å². The number of rotatable bonds is 15. The summed E-state index contributed by atoms with van der Waals surface area (Å²) in [6.45, 7) is 7.01. The highest BCUT2D eigenvalue weighted by atomic mass is 32.2. The number of nitrogens with one attached hydrogen (secondary N) is 1. The van der Waals surface area contributed by atoms with E-state index in [4.69, 9.17) is 4.74 Å². The number of ether oxygens (including phenoxy) is 1. The standard InChI is InChI=1S/C27H39N3O5S/c1-5-19-28-27(32)22(3)29(21-18-23-13-8-7-9-14-23)26(31)17-12-20-30(36(4,33)34)24-15-10-11-16-25(24)35-6-2/h7-11,13-16,22H,5-6,12,17-21H2,1-4H3,(H,28,32)/t22-/m0/s1. The van der Waals surface area contributed by atoms with Gasteiger partial charge in [0.25, 0.3) is 0 Å². The molecule has 0 heterocycles. The van der Waals surface area contributed by atoms with Crippen molar-refractivity contribution < 1.29 is 22.7 Å². The van der Waals surface area contributed by atoms with Gasteiger partial charge in [-0.15, -0.1) is 0 Å². The lowest BCUT2D eigenvalue weighted by molar-refractivity contribution is -0.139. The van der Waals surface area contributed by atoms with Gasteiger partial charge in [0.2, 0.25) is 21.8 Å². The number of nitrogens with zero attached hydrogens (tertiary/aromatic N) is 2. The molecule has 2 aromatic rings. The molecule has 0 aliphatic rings. The maximum atomic E-state index is 13.3. The average molecular weight is 518 g/mol. The molecular formula is C27H39N3O5S. The Bertz CT molecular complexity index is 1080. The third-order valence-corrected chi connectivity index (χ3v) is 6.97. The van der Waals surface area contributed by atoms with Crippen molar-refractivity contribution in [2.75, 3.05) is 36.8 Å². The lowest BCUT2D eigenvalue weighted by Crippen LogP contribution is -2.49. The number of anilines is 1. The highest BCUT2D eigenvalue weighted by molar-refractivity contribution is 7.92. The van der Waals surface area contributed by atoms with E-state index in [0.717, 1.165) is 18.2 Å². The summed E-state index contributed by atoms with van der Waals surface area (Å²) in [4.78, 5) is 27.5. The fourth-order valence-corrected chi connectivity index (χ4v) is 4.86. The van der Waals surface area contributed by atoms with Crippen molar-refractivity contribution in [3.05, 3.63) is 60.2 Å². The zero-order valence-corrected chi connectivity index (χ0v) is 22.6. The molecule has 1 N–H and O–H groups in total. The van der Waals surface area contributed by atoms with E-state index in [2.05, 4.69) is 5.32 Å². The zero-order chi connectivity index (χ0) is 26.6. The Kier molecular flexibility index (Phi) is 11.7. The molecular weight excluding hydrogens is 478 g/mol. The van der Waals surface area contributed by atoms with E-state index in [1.54, 1.807) is 36.1 Å². The number of carbonyl (C=O) groups excluding carboxylic acids is 2. The van der Waals surface area contributed by atoms with Crippen molar-refractivity contribution >= 4 is 27.5 Å². The molecule has 0 saturated carbocycles. The van der Waals surface area contributed by atoms with E-state index < -0.39 is 16.1 Å². The van der Waals surface area contributed by atoms with Gasteiger partial charge in [0.1, 0.15) is 11.8 Å². The van der Waals surface area contributed by atoms with Gasteiger partial charge in [-0.05, 0) is 50.8 Å². The molecule has 2 amide bonds. The second-order valence-corrected chi connectivity index (χ2v) is 10.5. The van der Waals surface area contributed by atoms with Crippen molar-refractivity contribution in [3.8, 4) is 5.75 Å². The molecule has 0 saturated heterocycles. The normalized spacial score (nSPS) is 12.0. The van der Waals surface area contributed by atoms with E-state index in [1.807, 2.05) is 44.2 Å². The number of sulfonamides is 1. The minimum atomic E-state index is -3.60. The third-order valence-electron chi connectivity index (χ3n) is 5.79. The Morgan fingerprint density at radius 3 is 2.31 bits per heavy atom. The largest absolute Gasteiger partial charge is 0.492 e. The Balaban J connectivity index is 2.13. The first kappa shape index (κ1) is 29.2. The summed E-state index contributed by atoms with van der Waals surface area (Å²) in [6.07, 6.45) is 2.99. The molecule has 2 rings (SSSR count). The van der Waals surface area contributed by atoms with Crippen molar-refractivity contribution in [1.82, 2.24) is 10.2 Å². The van der Waals surface area contributed by atoms with Crippen LogP contribution >= 0.6 is 0 Å². The van der Waals surface area contributed by atoms with E-state index in [0.29, 0.717) is 44.0 Å². The number of carbonyl (C=O) groups is 2. The van der Waals surface area contributed by atoms with Crippen LogP contribution in [0, 0.1) is 0 Å². The van der Waals surface area contributed by atoms with Crippen LogP contribution in [0.2, 0.25) is 0 Å². The minimum Gasteiger partial charge on any atom is -0.492 e. The molecule has 0 radical (unpaired) electrons. The van der Waals surface area contributed by atoms with Crippen LogP contribution in [0.3, 0.4) is 0 Å². The molecule has 1 atom stereocenters. The lowest BCUT2D eigenvalue weighted by Gasteiger charge is -2.29. The minimum absolute atomic E-state index is 0.114. The van der Waals surface area contributed by atoms with Gasteiger partial charge in [-0.25, -0.2) is 8.42 Å². The monoisotopic (exact) mass is 517 g/mol. The highest BCUT2D eigenvalue weighted by Gasteiger charge is 2.26. The summed E-state index contributed by atoms with van der Waals surface area (Å²) < 4.78 is 32.0. The van der Waals surface area contributed by atoms with Crippen LogP contribution in [-0.4, -0.2) is 63.7 Å². The first-order valence-corrected chi connectivity index (χ1v) is 14.3. The maximum absolute atomic E-state index is 13.3. The van der Waals surface area contributed by atoms with Crippen LogP contribution in [0.1, 0.15) is 45.6 Å². The Hall–Kier alpha value is -3.07. The van der Waals surface area contributed by atoms with Gasteiger partial charge < -0.3 is 15.0 Å². The highest BCUT2D eigenvalue weighted by Crippen LogP contribution is 2.30. The van der Waals surface area contributed by atoms with Crippen LogP contribution in [0.5, 0.6) is 5.75 Å². The molecule has 198 valence electrons. The van der Waals surface area contributed by atoms with Gasteiger partial charge in [0.05, 0.1) is 18.6 Å². The molecule has 36 heavy (non-hydrogen) atoms.